The predicted octanol–water partition coefficient (Wildman–Crippen LogP) is 5.72. The highest BCUT2D eigenvalue weighted by atomic mass is 35.5. The van der Waals surface area contributed by atoms with Crippen LogP contribution in [0.25, 0.3) is 22.5 Å². The molecule has 4 N–H and O–H groups in total. The summed E-state index contributed by atoms with van der Waals surface area (Å²) in [5.74, 6) is -0.966. The van der Waals surface area contributed by atoms with E-state index < -0.39 is 11.8 Å². The minimum absolute atomic E-state index is 0.0503. The number of nitrogens with zero attached hydrogens (tertiary/aromatic N) is 4. The lowest BCUT2D eigenvalue weighted by Gasteiger charge is -2.30. The van der Waals surface area contributed by atoms with Crippen LogP contribution in [0.1, 0.15) is 42.4 Å². The highest BCUT2D eigenvalue weighted by molar-refractivity contribution is 6.36. The van der Waals surface area contributed by atoms with Crippen molar-refractivity contribution >= 4 is 35.0 Å². The molecule has 1 atom stereocenters. The number of rotatable bonds is 12. The number of likely N-dealkylation sites (tertiary alicyclic amines) is 1. The minimum Gasteiger partial charge on any atom is -0.481 e. The van der Waals surface area contributed by atoms with Gasteiger partial charge in [0.2, 0.25) is 11.8 Å². The summed E-state index contributed by atoms with van der Waals surface area (Å²) in [7, 11) is 1.59. The van der Waals surface area contributed by atoms with Crippen molar-refractivity contribution in [1.82, 2.24) is 30.5 Å². The molecular formula is C36H39ClFN7O4. The van der Waals surface area contributed by atoms with Crippen molar-refractivity contribution in [2.45, 2.75) is 51.7 Å². The molecule has 2 saturated heterocycles. The van der Waals surface area contributed by atoms with Crippen molar-refractivity contribution in [3.8, 4) is 28.4 Å². The Morgan fingerprint density at radius 2 is 1.88 bits per heavy atom. The third kappa shape index (κ3) is 7.82. The van der Waals surface area contributed by atoms with Gasteiger partial charge in [0.1, 0.15) is 0 Å². The highest BCUT2D eigenvalue weighted by Gasteiger charge is 2.26. The van der Waals surface area contributed by atoms with E-state index in [2.05, 4.69) is 30.8 Å². The first-order valence-corrected chi connectivity index (χ1v) is 16.7. The Bertz CT molecular complexity index is 1850. The molecule has 256 valence electrons. The molecule has 1 aromatic carbocycles. The number of amides is 1. The number of hydrogen-bond donors (Lipinski definition) is 4. The van der Waals surface area contributed by atoms with Gasteiger partial charge in [-0.2, -0.15) is 0 Å². The number of piperidine rings is 1. The van der Waals surface area contributed by atoms with Crippen molar-refractivity contribution in [2.75, 3.05) is 32.1 Å². The van der Waals surface area contributed by atoms with Crippen molar-refractivity contribution < 1.29 is 23.8 Å². The molecule has 0 unspecified atom stereocenters. The molecule has 5 heterocycles. The minimum atomic E-state index is -0.777. The summed E-state index contributed by atoms with van der Waals surface area (Å²) in [6, 6.07) is 13.0. The van der Waals surface area contributed by atoms with Crippen LogP contribution in [0.5, 0.6) is 5.88 Å². The number of benzene rings is 1. The Balaban J connectivity index is 1.18. The molecule has 49 heavy (non-hydrogen) atoms. The van der Waals surface area contributed by atoms with Gasteiger partial charge in [-0.3, -0.25) is 19.5 Å². The Morgan fingerprint density at radius 1 is 1.08 bits per heavy atom. The largest absolute Gasteiger partial charge is 0.481 e. The van der Waals surface area contributed by atoms with Gasteiger partial charge in [-0.05, 0) is 69.1 Å². The fourth-order valence-electron chi connectivity index (χ4n) is 6.44. The van der Waals surface area contributed by atoms with Crippen molar-refractivity contribution in [2.24, 2.45) is 5.92 Å². The Kier molecular flexibility index (Phi) is 10.7. The van der Waals surface area contributed by atoms with E-state index in [1.165, 1.54) is 0 Å². The number of methoxy groups -OCH3 is 1. The second kappa shape index (κ2) is 15.3. The van der Waals surface area contributed by atoms with Gasteiger partial charge >= 0.3 is 5.97 Å². The molecule has 4 aromatic rings. The predicted molar refractivity (Wildman–Crippen MR) is 185 cm³/mol. The first-order chi connectivity index (χ1) is 23.7. The van der Waals surface area contributed by atoms with Gasteiger partial charge in [0.15, 0.2) is 11.6 Å². The number of aliphatic carboxylic acids is 1. The standard InChI is InChI=1S/C36H39ClFN7O4/c1-21-26(28-8-6-23(35(44-28)49-2)18-39-19-25-7-9-30(46)42-25)11-15-40-33(21)27-4-3-5-29(31(27)37)43-34-32(38)24(10-14-41-34)20-45-16-12-22(13-17-45)36(47)48/h3-6,8,10-11,14-15,22,25,39H,7,9,12-13,16-20H2,1-2H3,(H,41,43)(H,42,46)(H,47,48)/t25-/m0/s1. The number of carboxylic acids is 1. The first-order valence-electron chi connectivity index (χ1n) is 16.4. The molecule has 2 aliphatic heterocycles. The van der Waals surface area contributed by atoms with E-state index >= 15 is 4.39 Å². The molecule has 0 spiro atoms. The second-order valence-corrected chi connectivity index (χ2v) is 12.8. The molecule has 0 aliphatic carbocycles. The van der Waals surface area contributed by atoms with Crippen molar-refractivity contribution in [3.63, 3.8) is 0 Å². The van der Waals surface area contributed by atoms with Gasteiger partial charge in [0, 0.05) is 66.7 Å². The molecule has 0 radical (unpaired) electrons. The smallest absolute Gasteiger partial charge is 0.306 e. The van der Waals surface area contributed by atoms with E-state index in [4.69, 9.17) is 21.3 Å². The summed E-state index contributed by atoms with van der Waals surface area (Å²) >= 11 is 6.95. The molecule has 0 bridgehead atoms. The zero-order valence-corrected chi connectivity index (χ0v) is 28.2. The second-order valence-electron chi connectivity index (χ2n) is 12.4. The molecule has 6 rings (SSSR count). The zero-order chi connectivity index (χ0) is 34.5. The summed E-state index contributed by atoms with van der Waals surface area (Å²) in [4.78, 5) is 38.6. The topological polar surface area (TPSA) is 142 Å². The summed E-state index contributed by atoms with van der Waals surface area (Å²) in [6.07, 6.45) is 5.73. The average Bonchev–Trinajstić information content (AvgIpc) is 3.52. The number of hydrogen-bond acceptors (Lipinski definition) is 9. The van der Waals surface area contributed by atoms with Crippen LogP contribution in [0.2, 0.25) is 5.02 Å². The SMILES string of the molecule is COc1nc(-c2ccnc(-c3cccc(Nc4nccc(CN5CCC(C(=O)O)CC5)c4F)c3Cl)c2C)ccc1CNC[C@@H]1CCC(=O)N1. The van der Waals surface area contributed by atoms with E-state index in [9.17, 15) is 14.7 Å². The Hall–Kier alpha value is -4.65. The van der Waals surface area contributed by atoms with Gasteiger partial charge in [-0.25, -0.2) is 14.4 Å². The maximum atomic E-state index is 15.7. The van der Waals surface area contributed by atoms with Crippen molar-refractivity contribution in [1.29, 1.82) is 0 Å². The Morgan fingerprint density at radius 3 is 2.61 bits per heavy atom. The molecule has 3 aromatic heterocycles. The van der Waals surface area contributed by atoms with Crippen LogP contribution >= 0.6 is 11.6 Å². The van der Waals surface area contributed by atoms with Gasteiger partial charge in [0.05, 0.1) is 35.1 Å². The van der Waals surface area contributed by atoms with E-state index in [1.54, 1.807) is 31.6 Å². The van der Waals surface area contributed by atoms with E-state index in [-0.39, 0.29) is 23.7 Å². The van der Waals surface area contributed by atoms with Crippen molar-refractivity contribution in [3.05, 3.63) is 82.4 Å². The number of carbonyl (C=O) groups is 2. The normalized spacial score (nSPS) is 16.8. The first kappa shape index (κ1) is 34.2. The van der Waals surface area contributed by atoms with Gasteiger partial charge in [0.25, 0.3) is 0 Å². The van der Waals surface area contributed by atoms with Crippen LogP contribution in [0.3, 0.4) is 0 Å². The maximum absolute atomic E-state index is 15.7. The summed E-state index contributed by atoms with van der Waals surface area (Å²) in [5, 5.41) is 19.1. The zero-order valence-electron chi connectivity index (χ0n) is 27.4. The summed E-state index contributed by atoms with van der Waals surface area (Å²) < 4.78 is 21.3. The molecule has 13 heteroatoms. The highest BCUT2D eigenvalue weighted by Crippen LogP contribution is 2.38. The molecule has 0 saturated carbocycles. The lowest BCUT2D eigenvalue weighted by molar-refractivity contribution is -0.143. The third-order valence-corrected chi connectivity index (χ3v) is 9.62. The molecule has 2 fully saturated rings. The van der Waals surface area contributed by atoms with Gasteiger partial charge in [-0.1, -0.05) is 29.8 Å². The fourth-order valence-corrected chi connectivity index (χ4v) is 6.70. The van der Waals surface area contributed by atoms with Crippen LogP contribution in [0.4, 0.5) is 15.9 Å². The number of halogens is 2. The Labute approximate surface area is 289 Å². The monoisotopic (exact) mass is 687 g/mol. The maximum Gasteiger partial charge on any atom is 0.306 e. The third-order valence-electron chi connectivity index (χ3n) is 9.21. The average molecular weight is 688 g/mol. The molecular weight excluding hydrogens is 649 g/mol. The number of ether oxygens (including phenoxy) is 1. The lowest BCUT2D eigenvalue weighted by Crippen LogP contribution is -2.36. The number of pyridine rings is 3. The van der Waals surface area contributed by atoms with E-state index in [0.717, 1.165) is 23.1 Å². The van der Waals surface area contributed by atoms with Crippen LogP contribution in [0, 0.1) is 18.7 Å². The van der Waals surface area contributed by atoms with Crippen LogP contribution in [-0.4, -0.2) is 69.6 Å². The number of aromatic nitrogens is 3. The van der Waals surface area contributed by atoms with Crippen LogP contribution in [-0.2, 0) is 22.7 Å². The number of carboxylic acid groups (broad SMARTS) is 1. The number of carbonyl (C=O) groups excluding carboxylic acids is 1. The van der Waals surface area contributed by atoms with Gasteiger partial charge in [-0.15, -0.1) is 0 Å². The number of anilines is 2. The summed E-state index contributed by atoms with van der Waals surface area (Å²) in [6.45, 7) is 4.71. The van der Waals surface area contributed by atoms with E-state index in [0.29, 0.717) is 91.1 Å². The van der Waals surface area contributed by atoms with Crippen LogP contribution < -0.4 is 20.7 Å². The quantitative estimate of drug-likeness (QED) is 0.146. The summed E-state index contributed by atoms with van der Waals surface area (Å²) in [5.41, 5.74) is 5.60. The molecule has 1 amide bonds. The van der Waals surface area contributed by atoms with E-state index in [1.807, 2.05) is 37.3 Å². The number of nitrogens with one attached hydrogen (secondary N) is 3. The fraction of sp³-hybridized carbons (Fsp3) is 0.361. The van der Waals surface area contributed by atoms with Crippen LogP contribution in [0.15, 0.2) is 54.9 Å². The van der Waals surface area contributed by atoms with Gasteiger partial charge < -0.3 is 25.8 Å². The molecule has 11 nitrogen and oxygen atoms in total. The molecule has 2 aliphatic rings. The lowest BCUT2D eigenvalue weighted by atomic mass is 9.97.